The third kappa shape index (κ3) is 17.0. The maximum absolute atomic E-state index is 10.9. The number of hydrogen-bond acceptors (Lipinski definition) is 8. The summed E-state index contributed by atoms with van der Waals surface area (Å²) < 4.78 is 21.6. The fourth-order valence-corrected chi connectivity index (χ4v) is 15.2. The SMILES string of the molecule is CC12CC3CC(C)(C1)CC(CN=C(N)CSP(=O)(O)O)(C3)C2.CC12CC3CC(C)(C1)CC(CN=C(N)CSP(=O)([O-])[O-])(C3)C2.O.O.O.O.O.O.O.[Na+].[Na+]. The quantitative estimate of drug-likeness (QED) is 0.0696. The Kier molecular flexibility index (Phi) is 26.9. The Morgan fingerprint density at radius 3 is 1.13 bits per heavy atom. The fraction of sp³-hybridized carbons (Fsp3) is 0.933. The minimum Gasteiger partial charge on any atom is -0.803 e. The Hall–Kier alpha value is 1.66. The first-order valence-corrected chi connectivity index (χ1v) is 22.3. The Bertz CT molecular complexity index is 1180. The summed E-state index contributed by atoms with van der Waals surface area (Å²) in [5.74, 6) is 2.37. The molecule has 4 unspecified atom stereocenters. The molecule has 0 aromatic rings. The minimum atomic E-state index is -4.57. The predicted octanol–water partition coefficient (Wildman–Crippen LogP) is -6.70. The summed E-state index contributed by atoms with van der Waals surface area (Å²) in [6.07, 6.45) is 15.4. The van der Waals surface area contributed by atoms with E-state index in [9.17, 15) is 18.9 Å². The molecule has 0 aromatic heterocycles. The molecule has 0 amide bonds. The molecule has 8 aliphatic rings. The largest absolute Gasteiger partial charge is 1.00 e. The van der Waals surface area contributed by atoms with Gasteiger partial charge in [-0.25, -0.2) is 4.57 Å². The van der Waals surface area contributed by atoms with Crippen LogP contribution < -0.4 is 80.4 Å². The molecule has 53 heavy (non-hydrogen) atoms. The van der Waals surface area contributed by atoms with Crippen LogP contribution in [-0.4, -0.2) is 84.4 Å². The van der Waals surface area contributed by atoms with Crippen LogP contribution >= 0.6 is 36.4 Å². The van der Waals surface area contributed by atoms with E-state index in [0.717, 1.165) is 18.4 Å². The Balaban J connectivity index is -0.000000248. The van der Waals surface area contributed by atoms with Crippen LogP contribution in [0.25, 0.3) is 0 Å². The van der Waals surface area contributed by atoms with Crippen molar-refractivity contribution in [2.24, 2.45) is 65.8 Å². The van der Waals surface area contributed by atoms with Crippen LogP contribution in [0.2, 0.25) is 0 Å². The molecule has 8 saturated carbocycles. The molecule has 8 bridgehead atoms. The number of aliphatic imine (C=N–C) groups is 2. The first kappa shape index (κ1) is 63.8. The van der Waals surface area contributed by atoms with Gasteiger partial charge in [-0.15, -0.1) is 11.4 Å². The van der Waals surface area contributed by atoms with Crippen molar-refractivity contribution in [2.75, 3.05) is 24.6 Å². The Morgan fingerprint density at radius 1 is 0.604 bits per heavy atom. The van der Waals surface area contributed by atoms with Crippen molar-refractivity contribution in [2.45, 2.75) is 105 Å². The first-order valence-electron chi connectivity index (χ1n) is 16.0. The molecule has 8 fully saturated rings. The molecule has 20 N–H and O–H groups in total. The normalized spacial score (nSPS) is 37.0. The molecule has 17 nitrogen and oxygen atoms in total. The summed E-state index contributed by atoms with van der Waals surface area (Å²) in [7, 11) is 0. The van der Waals surface area contributed by atoms with Gasteiger partial charge in [0.05, 0.1) is 11.5 Å². The average molecular weight is 863 g/mol. The molecule has 4 atom stereocenters. The second kappa shape index (κ2) is 22.3. The van der Waals surface area contributed by atoms with Gasteiger partial charge in [0.15, 0.2) is 0 Å². The smallest absolute Gasteiger partial charge is 0.803 e. The van der Waals surface area contributed by atoms with E-state index in [1.807, 2.05) is 0 Å². The van der Waals surface area contributed by atoms with Gasteiger partial charge < -0.3 is 73.9 Å². The van der Waals surface area contributed by atoms with E-state index >= 15 is 0 Å². The number of nitrogens with two attached hydrogens (primary N) is 2. The van der Waals surface area contributed by atoms with Crippen LogP contribution in [0.15, 0.2) is 9.98 Å². The number of rotatable bonds is 10. The molecule has 308 valence electrons. The average Bonchev–Trinajstić information content (AvgIpc) is 2.79. The van der Waals surface area contributed by atoms with Gasteiger partial charge >= 0.3 is 65.9 Å². The summed E-state index contributed by atoms with van der Waals surface area (Å²) in [5.41, 5.74) is 14.0. The van der Waals surface area contributed by atoms with E-state index in [2.05, 4.69) is 37.7 Å². The molecule has 0 spiro atoms. The van der Waals surface area contributed by atoms with E-state index in [1.165, 1.54) is 77.0 Å². The summed E-state index contributed by atoms with van der Waals surface area (Å²) in [4.78, 5) is 48.1. The van der Waals surface area contributed by atoms with E-state index < -0.39 is 13.6 Å². The van der Waals surface area contributed by atoms with Crippen molar-refractivity contribution in [3.8, 4) is 0 Å². The van der Waals surface area contributed by atoms with Crippen molar-refractivity contribution in [3.63, 3.8) is 0 Å². The first-order chi connectivity index (χ1) is 20.0. The zero-order valence-corrected chi connectivity index (χ0v) is 39.7. The van der Waals surface area contributed by atoms with Gasteiger partial charge in [-0.2, -0.15) is 0 Å². The van der Waals surface area contributed by atoms with E-state index in [1.54, 1.807) is 0 Å². The van der Waals surface area contributed by atoms with E-state index in [-0.39, 0.29) is 126 Å². The van der Waals surface area contributed by atoms with Crippen molar-refractivity contribution in [1.29, 1.82) is 0 Å². The maximum atomic E-state index is 10.9. The number of amidine groups is 2. The number of nitrogens with zero attached hydrogens (tertiary/aromatic N) is 2. The fourth-order valence-electron chi connectivity index (χ4n) is 12.6. The van der Waals surface area contributed by atoms with Gasteiger partial charge in [0.25, 0.3) is 0 Å². The minimum absolute atomic E-state index is 0. The van der Waals surface area contributed by atoms with Crippen LogP contribution in [0, 0.1) is 44.3 Å². The van der Waals surface area contributed by atoms with Gasteiger partial charge in [0.2, 0.25) is 0 Å². The van der Waals surface area contributed by atoms with E-state index in [0.29, 0.717) is 56.8 Å². The Labute approximate surface area is 366 Å². The van der Waals surface area contributed by atoms with Gasteiger partial charge in [-0.1, -0.05) is 27.7 Å². The predicted molar refractivity (Wildman–Crippen MR) is 203 cm³/mol. The standard InChI is InChI=1S/2C15H27N2O3PS.2Na.7H2O/c2*1-13-3-11-4-14(2,7-13)9-15(5-11,8-13)10-17-12(16)6-22-21(18,19)20;;;;;;;;;/h2*11H,3-10H2,1-2H3,(H2,16,17)(H2,18,19,20);;;7*1H2/q;;2*+1;;;;;;;/p-2. The van der Waals surface area contributed by atoms with Gasteiger partial charge in [-0.05, 0) is 140 Å². The van der Waals surface area contributed by atoms with Crippen LogP contribution in [-0.2, 0) is 9.13 Å². The molecule has 0 heterocycles. The van der Waals surface area contributed by atoms with Crippen LogP contribution in [0.3, 0.4) is 0 Å². The third-order valence-electron chi connectivity index (χ3n) is 11.5. The zero-order valence-electron chi connectivity index (χ0n) is 32.3. The third-order valence-corrected chi connectivity index (χ3v) is 15.7. The molecule has 0 aliphatic heterocycles. The van der Waals surface area contributed by atoms with Crippen LogP contribution in [0.4, 0.5) is 0 Å². The summed E-state index contributed by atoms with van der Waals surface area (Å²) in [5, 5.41) is 0. The zero-order chi connectivity index (χ0) is 32.5. The molecular weight excluding hydrogens is 796 g/mol. The van der Waals surface area contributed by atoms with Gasteiger partial charge in [-0.3, -0.25) is 9.98 Å². The van der Waals surface area contributed by atoms with Gasteiger partial charge in [0.1, 0.15) is 11.7 Å². The summed E-state index contributed by atoms with van der Waals surface area (Å²) in [6.45, 7) is 2.47. The second-order valence-corrected chi connectivity index (χ2v) is 24.6. The monoisotopic (exact) mass is 862 g/mol. The van der Waals surface area contributed by atoms with Crippen LogP contribution in [0.1, 0.15) is 105 Å². The molecule has 8 aliphatic carbocycles. The number of hydrogen-bond donors (Lipinski definition) is 4. The topological polar surface area (TPSA) is 418 Å². The van der Waals surface area contributed by atoms with Gasteiger partial charge in [0, 0.05) is 13.1 Å². The van der Waals surface area contributed by atoms with Crippen molar-refractivity contribution >= 4 is 48.0 Å². The molecule has 0 saturated heterocycles. The molecule has 8 rings (SSSR count). The summed E-state index contributed by atoms with van der Waals surface area (Å²) in [6, 6.07) is 0. The maximum Gasteiger partial charge on any atom is 1.00 e. The van der Waals surface area contributed by atoms with E-state index in [4.69, 9.17) is 21.3 Å². The molecular formula is C30H66N4Na2O13P2S2. The molecule has 0 aromatic carbocycles. The Morgan fingerprint density at radius 2 is 0.887 bits per heavy atom. The van der Waals surface area contributed by atoms with Crippen molar-refractivity contribution in [3.05, 3.63) is 0 Å². The summed E-state index contributed by atoms with van der Waals surface area (Å²) >= 11 is 0.914. The molecule has 23 heteroatoms. The van der Waals surface area contributed by atoms with Crippen molar-refractivity contribution < 1.29 is 126 Å². The second-order valence-electron chi connectivity index (χ2n) is 17.4. The van der Waals surface area contributed by atoms with Crippen LogP contribution in [0.5, 0.6) is 0 Å². The van der Waals surface area contributed by atoms with Crippen molar-refractivity contribution in [1.82, 2.24) is 0 Å². The molecule has 0 radical (unpaired) electrons.